The highest BCUT2D eigenvalue weighted by molar-refractivity contribution is 6.02. The number of rotatable bonds is 2. The molecule has 3 rings (SSSR count). The van der Waals surface area contributed by atoms with Gasteiger partial charge in [0.25, 0.3) is 0 Å². The van der Waals surface area contributed by atoms with Crippen molar-refractivity contribution < 1.29 is 0 Å². The first-order valence-corrected chi connectivity index (χ1v) is 6.34. The van der Waals surface area contributed by atoms with Crippen molar-refractivity contribution in [1.29, 1.82) is 0 Å². The number of nitrogens with zero attached hydrogens (tertiary/aromatic N) is 1. The number of nitrogens with one attached hydrogen (secondary N) is 1. The summed E-state index contributed by atoms with van der Waals surface area (Å²) in [6.07, 6.45) is 2.64. The average Bonchev–Trinajstić information content (AvgIpc) is 2.91. The third kappa shape index (κ3) is 1.74. The normalized spacial score (nSPS) is 15.5. The van der Waals surface area contributed by atoms with Crippen molar-refractivity contribution in [1.82, 2.24) is 0 Å². The molecule has 1 N–H and O–H groups in total. The molecule has 2 heteroatoms. The van der Waals surface area contributed by atoms with Gasteiger partial charge < -0.3 is 10.2 Å². The van der Waals surface area contributed by atoms with E-state index in [1.807, 2.05) is 7.05 Å². The van der Waals surface area contributed by atoms with E-state index in [9.17, 15) is 0 Å². The van der Waals surface area contributed by atoms with Crippen LogP contribution >= 0.6 is 0 Å². The number of hydrogen-bond donors (Lipinski definition) is 1. The van der Waals surface area contributed by atoms with Gasteiger partial charge in [0.1, 0.15) is 0 Å². The van der Waals surface area contributed by atoms with E-state index in [1.165, 1.54) is 48.1 Å². The summed E-state index contributed by atoms with van der Waals surface area (Å²) < 4.78 is 0. The number of anilines is 2. The molecule has 0 spiro atoms. The second-order valence-electron chi connectivity index (χ2n) is 4.62. The Kier molecular flexibility index (Phi) is 2.63. The quantitative estimate of drug-likeness (QED) is 0.843. The Bertz CT molecular complexity index is 527. The summed E-state index contributed by atoms with van der Waals surface area (Å²) in [7, 11) is 1.98. The molecule has 2 aromatic rings. The van der Waals surface area contributed by atoms with E-state index in [1.54, 1.807) is 0 Å². The molecular weight excluding hydrogens is 208 g/mol. The van der Waals surface area contributed by atoms with Crippen LogP contribution in [0.4, 0.5) is 11.4 Å². The smallest absolute Gasteiger partial charge is 0.0447 e. The summed E-state index contributed by atoms with van der Waals surface area (Å²) in [4.78, 5) is 2.50. The summed E-state index contributed by atoms with van der Waals surface area (Å²) in [5.74, 6) is 0. The van der Waals surface area contributed by atoms with Crippen molar-refractivity contribution >= 4 is 22.1 Å². The molecule has 0 saturated carbocycles. The Labute approximate surface area is 102 Å². The maximum absolute atomic E-state index is 3.27. The Morgan fingerprint density at radius 1 is 0.941 bits per heavy atom. The van der Waals surface area contributed by atoms with Crippen molar-refractivity contribution in [3.8, 4) is 0 Å². The SMILES string of the molecule is CNc1ccc(N2CCCC2)c2ccccc12. The molecule has 1 aliphatic rings. The average molecular weight is 226 g/mol. The molecule has 1 aliphatic heterocycles. The predicted octanol–water partition coefficient (Wildman–Crippen LogP) is 3.48. The minimum atomic E-state index is 1.20. The van der Waals surface area contributed by atoms with E-state index in [0.717, 1.165) is 0 Å². The van der Waals surface area contributed by atoms with Crippen LogP contribution in [0.2, 0.25) is 0 Å². The predicted molar refractivity (Wildman–Crippen MR) is 74.9 cm³/mol. The first-order chi connectivity index (χ1) is 8.40. The summed E-state index contributed by atoms with van der Waals surface area (Å²) >= 11 is 0. The molecule has 0 atom stereocenters. The molecule has 0 aromatic heterocycles. The lowest BCUT2D eigenvalue weighted by atomic mass is 10.1. The van der Waals surface area contributed by atoms with E-state index in [0.29, 0.717) is 0 Å². The van der Waals surface area contributed by atoms with Crippen molar-refractivity contribution in [2.24, 2.45) is 0 Å². The van der Waals surface area contributed by atoms with Gasteiger partial charge in [-0.1, -0.05) is 24.3 Å². The molecule has 2 aromatic carbocycles. The Hall–Kier alpha value is -1.70. The Morgan fingerprint density at radius 2 is 1.65 bits per heavy atom. The van der Waals surface area contributed by atoms with Crippen molar-refractivity contribution in [3.05, 3.63) is 36.4 Å². The summed E-state index contributed by atoms with van der Waals surface area (Å²) in [5, 5.41) is 5.95. The summed E-state index contributed by atoms with van der Waals surface area (Å²) in [6.45, 7) is 2.39. The summed E-state index contributed by atoms with van der Waals surface area (Å²) in [6, 6.07) is 13.1. The maximum Gasteiger partial charge on any atom is 0.0447 e. The molecule has 17 heavy (non-hydrogen) atoms. The maximum atomic E-state index is 3.27. The lowest BCUT2D eigenvalue weighted by Gasteiger charge is -2.21. The van der Waals surface area contributed by atoms with E-state index in [-0.39, 0.29) is 0 Å². The molecule has 0 radical (unpaired) electrons. The van der Waals surface area contributed by atoms with Gasteiger partial charge in [0.15, 0.2) is 0 Å². The Balaban J connectivity index is 2.19. The van der Waals surface area contributed by atoms with Gasteiger partial charge in [0.05, 0.1) is 0 Å². The van der Waals surface area contributed by atoms with Gasteiger partial charge >= 0.3 is 0 Å². The topological polar surface area (TPSA) is 15.3 Å². The van der Waals surface area contributed by atoms with Crippen LogP contribution in [0.3, 0.4) is 0 Å². The second kappa shape index (κ2) is 4.28. The van der Waals surface area contributed by atoms with E-state index in [4.69, 9.17) is 0 Å². The molecule has 1 fully saturated rings. The van der Waals surface area contributed by atoms with Gasteiger partial charge in [-0.15, -0.1) is 0 Å². The molecule has 2 nitrogen and oxygen atoms in total. The zero-order valence-electron chi connectivity index (χ0n) is 10.2. The highest BCUT2D eigenvalue weighted by Crippen LogP contribution is 2.33. The number of hydrogen-bond acceptors (Lipinski definition) is 2. The third-order valence-corrected chi connectivity index (χ3v) is 3.62. The molecule has 0 aliphatic carbocycles. The zero-order chi connectivity index (χ0) is 11.7. The fourth-order valence-corrected chi connectivity index (χ4v) is 2.73. The fourth-order valence-electron chi connectivity index (χ4n) is 2.73. The molecule has 0 bridgehead atoms. The lowest BCUT2D eigenvalue weighted by Crippen LogP contribution is -2.17. The molecule has 1 heterocycles. The fraction of sp³-hybridized carbons (Fsp3) is 0.333. The van der Waals surface area contributed by atoms with Crippen LogP contribution in [0.25, 0.3) is 10.8 Å². The number of fused-ring (bicyclic) bond motifs is 1. The highest BCUT2D eigenvalue weighted by atomic mass is 15.1. The first-order valence-electron chi connectivity index (χ1n) is 6.34. The van der Waals surface area contributed by atoms with Crippen LogP contribution in [0, 0.1) is 0 Å². The molecular formula is C15H18N2. The minimum Gasteiger partial charge on any atom is -0.388 e. The zero-order valence-corrected chi connectivity index (χ0v) is 10.2. The highest BCUT2D eigenvalue weighted by Gasteiger charge is 2.15. The van der Waals surface area contributed by atoms with Crippen molar-refractivity contribution in [3.63, 3.8) is 0 Å². The van der Waals surface area contributed by atoms with Gasteiger partial charge in [0, 0.05) is 42.3 Å². The molecule has 88 valence electrons. The van der Waals surface area contributed by atoms with Gasteiger partial charge in [-0.05, 0) is 25.0 Å². The van der Waals surface area contributed by atoms with Gasteiger partial charge in [-0.2, -0.15) is 0 Å². The molecule has 0 unspecified atom stereocenters. The third-order valence-electron chi connectivity index (χ3n) is 3.62. The van der Waals surface area contributed by atoms with Crippen LogP contribution in [-0.2, 0) is 0 Å². The number of benzene rings is 2. The van der Waals surface area contributed by atoms with Gasteiger partial charge in [-0.3, -0.25) is 0 Å². The molecule has 0 amide bonds. The minimum absolute atomic E-state index is 1.20. The standard InChI is InChI=1S/C15H18N2/c1-16-14-8-9-15(17-10-4-5-11-17)13-7-3-2-6-12(13)14/h2-3,6-9,16H,4-5,10-11H2,1H3. The molecule has 1 saturated heterocycles. The van der Waals surface area contributed by atoms with Crippen LogP contribution in [0.15, 0.2) is 36.4 Å². The largest absolute Gasteiger partial charge is 0.388 e. The Morgan fingerprint density at radius 3 is 2.35 bits per heavy atom. The van der Waals surface area contributed by atoms with Crippen molar-refractivity contribution in [2.45, 2.75) is 12.8 Å². The van der Waals surface area contributed by atoms with Gasteiger partial charge in [-0.25, -0.2) is 0 Å². The van der Waals surface area contributed by atoms with E-state index < -0.39 is 0 Å². The van der Waals surface area contributed by atoms with Crippen LogP contribution in [-0.4, -0.2) is 20.1 Å². The van der Waals surface area contributed by atoms with E-state index in [2.05, 4.69) is 46.6 Å². The van der Waals surface area contributed by atoms with Crippen LogP contribution in [0.1, 0.15) is 12.8 Å². The lowest BCUT2D eigenvalue weighted by molar-refractivity contribution is 0.949. The van der Waals surface area contributed by atoms with Crippen LogP contribution in [0.5, 0.6) is 0 Å². The van der Waals surface area contributed by atoms with Crippen LogP contribution < -0.4 is 10.2 Å². The summed E-state index contributed by atoms with van der Waals surface area (Å²) in [5.41, 5.74) is 2.60. The second-order valence-corrected chi connectivity index (χ2v) is 4.62. The first kappa shape index (κ1) is 10.5. The monoisotopic (exact) mass is 226 g/mol. The van der Waals surface area contributed by atoms with E-state index >= 15 is 0 Å². The van der Waals surface area contributed by atoms with Crippen molar-refractivity contribution in [2.75, 3.05) is 30.4 Å². The van der Waals surface area contributed by atoms with Gasteiger partial charge in [0.2, 0.25) is 0 Å².